The molecule has 3 nitrogen and oxygen atoms in total. The van der Waals surface area contributed by atoms with Crippen LogP contribution in [-0.4, -0.2) is 18.7 Å². The van der Waals surface area contributed by atoms with Crippen LogP contribution < -0.4 is 10.1 Å². The first-order valence-electron chi connectivity index (χ1n) is 5.72. The second-order valence-corrected chi connectivity index (χ2v) is 4.56. The third-order valence-electron chi connectivity index (χ3n) is 3.08. The fourth-order valence-corrected chi connectivity index (χ4v) is 1.98. The van der Waals surface area contributed by atoms with E-state index in [9.17, 15) is 4.39 Å². The smallest absolute Gasteiger partial charge is 0.166 e. The topological polar surface area (TPSA) is 45.0 Å². The summed E-state index contributed by atoms with van der Waals surface area (Å²) in [6, 6.07) is 6.21. The van der Waals surface area contributed by atoms with Crippen LogP contribution in [0, 0.1) is 17.1 Å². The van der Waals surface area contributed by atoms with Crippen LogP contribution in [0.1, 0.15) is 25.3 Å². The monoisotopic (exact) mass is 234 g/mol. The van der Waals surface area contributed by atoms with Crippen molar-refractivity contribution < 1.29 is 9.13 Å². The summed E-state index contributed by atoms with van der Waals surface area (Å²) in [6.07, 6.45) is 1.71. The lowest BCUT2D eigenvalue weighted by Gasteiger charge is -2.34. The summed E-state index contributed by atoms with van der Waals surface area (Å²) in [7, 11) is 0. The van der Waals surface area contributed by atoms with Crippen LogP contribution in [0.3, 0.4) is 0 Å². The van der Waals surface area contributed by atoms with Gasteiger partial charge in [-0.05, 0) is 51.1 Å². The number of ether oxygens (including phenoxy) is 1. The molecule has 90 valence electrons. The second-order valence-electron chi connectivity index (χ2n) is 4.56. The highest BCUT2D eigenvalue weighted by Crippen LogP contribution is 2.28. The normalized spacial score (nSPS) is 18.4. The standard InChI is InChI=1S/C13H15FN2O/c1-13(4-6-16-7-5-13)17-12-3-2-10(9-15)8-11(12)14/h2-3,8,16H,4-7H2,1H3. The van der Waals surface area contributed by atoms with Gasteiger partial charge in [0.25, 0.3) is 0 Å². The van der Waals surface area contributed by atoms with Gasteiger partial charge in [0.2, 0.25) is 0 Å². The van der Waals surface area contributed by atoms with Crippen LogP contribution in [0.25, 0.3) is 0 Å². The van der Waals surface area contributed by atoms with Gasteiger partial charge in [0.05, 0.1) is 11.6 Å². The maximum absolute atomic E-state index is 13.7. The number of piperidine rings is 1. The van der Waals surface area contributed by atoms with Crippen molar-refractivity contribution in [1.29, 1.82) is 5.26 Å². The van der Waals surface area contributed by atoms with E-state index in [-0.39, 0.29) is 11.4 Å². The van der Waals surface area contributed by atoms with E-state index >= 15 is 0 Å². The molecule has 0 aliphatic carbocycles. The van der Waals surface area contributed by atoms with Crippen molar-refractivity contribution in [2.45, 2.75) is 25.4 Å². The van der Waals surface area contributed by atoms with Crippen molar-refractivity contribution in [3.63, 3.8) is 0 Å². The summed E-state index contributed by atoms with van der Waals surface area (Å²) in [5, 5.41) is 11.9. The molecule has 1 saturated heterocycles. The molecule has 1 aromatic rings. The fourth-order valence-electron chi connectivity index (χ4n) is 1.98. The van der Waals surface area contributed by atoms with Gasteiger partial charge >= 0.3 is 0 Å². The molecule has 1 aromatic carbocycles. The molecule has 2 rings (SSSR count). The quantitative estimate of drug-likeness (QED) is 0.853. The van der Waals surface area contributed by atoms with Crippen molar-refractivity contribution >= 4 is 0 Å². The third kappa shape index (κ3) is 2.75. The van der Waals surface area contributed by atoms with E-state index in [1.165, 1.54) is 12.1 Å². The van der Waals surface area contributed by atoms with Gasteiger partial charge in [0, 0.05) is 0 Å². The molecule has 1 heterocycles. The predicted molar refractivity (Wildman–Crippen MR) is 62.3 cm³/mol. The minimum Gasteiger partial charge on any atom is -0.484 e. The minimum atomic E-state index is -0.469. The number of nitriles is 1. The van der Waals surface area contributed by atoms with Crippen molar-refractivity contribution in [1.82, 2.24) is 5.32 Å². The Hall–Kier alpha value is -1.60. The second kappa shape index (κ2) is 4.72. The zero-order valence-electron chi connectivity index (χ0n) is 9.79. The number of benzene rings is 1. The Morgan fingerprint density at radius 2 is 2.12 bits per heavy atom. The van der Waals surface area contributed by atoms with Crippen LogP contribution in [0.15, 0.2) is 18.2 Å². The maximum Gasteiger partial charge on any atom is 0.166 e. The lowest BCUT2D eigenvalue weighted by atomic mass is 9.94. The number of nitrogens with zero attached hydrogens (tertiary/aromatic N) is 1. The van der Waals surface area contributed by atoms with Crippen molar-refractivity contribution in [3.05, 3.63) is 29.6 Å². The van der Waals surface area contributed by atoms with Gasteiger partial charge in [-0.2, -0.15) is 5.26 Å². The van der Waals surface area contributed by atoms with E-state index < -0.39 is 5.82 Å². The Morgan fingerprint density at radius 3 is 2.71 bits per heavy atom. The Morgan fingerprint density at radius 1 is 1.41 bits per heavy atom. The molecule has 0 radical (unpaired) electrons. The molecule has 0 aromatic heterocycles. The molecule has 0 bridgehead atoms. The van der Waals surface area contributed by atoms with Crippen molar-refractivity contribution in [2.75, 3.05) is 13.1 Å². The Labute approximate surface area is 100 Å². The van der Waals surface area contributed by atoms with Gasteiger partial charge in [-0.15, -0.1) is 0 Å². The summed E-state index contributed by atoms with van der Waals surface area (Å²) in [4.78, 5) is 0. The zero-order chi connectivity index (χ0) is 12.3. The number of nitrogens with one attached hydrogen (secondary N) is 1. The fraction of sp³-hybridized carbons (Fsp3) is 0.462. The predicted octanol–water partition coefficient (Wildman–Crippen LogP) is 2.22. The molecule has 0 atom stereocenters. The van der Waals surface area contributed by atoms with Crippen molar-refractivity contribution in [3.8, 4) is 11.8 Å². The SMILES string of the molecule is CC1(Oc2ccc(C#N)cc2F)CCNCC1. The lowest BCUT2D eigenvalue weighted by Crippen LogP contribution is -2.44. The molecule has 4 heteroatoms. The van der Waals surface area contributed by atoms with Crippen LogP contribution >= 0.6 is 0 Å². The number of halogens is 1. The van der Waals surface area contributed by atoms with E-state index in [1.807, 2.05) is 13.0 Å². The summed E-state index contributed by atoms with van der Waals surface area (Å²) in [6.45, 7) is 3.76. The largest absolute Gasteiger partial charge is 0.484 e. The van der Waals surface area contributed by atoms with Gasteiger partial charge in [0.15, 0.2) is 11.6 Å². The molecule has 1 fully saturated rings. The van der Waals surface area contributed by atoms with Gasteiger partial charge in [-0.25, -0.2) is 4.39 Å². The minimum absolute atomic E-state index is 0.230. The van der Waals surface area contributed by atoms with Crippen LogP contribution in [-0.2, 0) is 0 Å². The number of hydrogen-bond donors (Lipinski definition) is 1. The number of hydrogen-bond acceptors (Lipinski definition) is 3. The molecule has 17 heavy (non-hydrogen) atoms. The first-order chi connectivity index (χ1) is 8.13. The summed E-state index contributed by atoms with van der Waals surface area (Å²) >= 11 is 0. The van der Waals surface area contributed by atoms with Crippen molar-refractivity contribution in [2.24, 2.45) is 0 Å². The van der Waals surface area contributed by atoms with E-state index in [2.05, 4.69) is 5.32 Å². The van der Waals surface area contributed by atoms with Gasteiger partial charge in [0.1, 0.15) is 5.60 Å². The highest BCUT2D eigenvalue weighted by Gasteiger charge is 2.29. The van der Waals surface area contributed by atoms with E-state index in [1.54, 1.807) is 6.07 Å². The van der Waals surface area contributed by atoms with E-state index in [0.29, 0.717) is 5.56 Å². The molecule has 1 aliphatic rings. The third-order valence-corrected chi connectivity index (χ3v) is 3.08. The van der Waals surface area contributed by atoms with Crippen LogP contribution in [0.5, 0.6) is 5.75 Å². The van der Waals surface area contributed by atoms with Gasteiger partial charge in [-0.3, -0.25) is 0 Å². The average molecular weight is 234 g/mol. The first kappa shape index (κ1) is 11.9. The molecular formula is C13H15FN2O. The molecular weight excluding hydrogens is 219 g/mol. The van der Waals surface area contributed by atoms with Crippen LogP contribution in [0.2, 0.25) is 0 Å². The molecule has 0 amide bonds. The summed E-state index contributed by atoms with van der Waals surface area (Å²) in [5.41, 5.74) is -0.00872. The average Bonchev–Trinajstić information content (AvgIpc) is 2.32. The summed E-state index contributed by atoms with van der Waals surface area (Å²) in [5.74, 6) is -0.239. The molecule has 0 spiro atoms. The molecule has 0 unspecified atom stereocenters. The number of rotatable bonds is 2. The summed E-state index contributed by atoms with van der Waals surface area (Å²) < 4.78 is 19.4. The van der Waals surface area contributed by atoms with Gasteiger partial charge < -0.3 is 10.1 Å². The van der Waals surface area contributed by atoms with E-state index in [4.69, 9.17) is 10.00 Å². The maximum atomic E-state index is 13.7. The van der Waals surface area contributed by atoms with Crippen LogP contribution in [0.4, 0.5) is 4.39 Å². The lowest BCUT2D eigenvalue weighted by molar-refractivity contribution is 0.0514. The molecule has 1 N–H and O–H groups in total. The first-order valence-corrected chi connectivity index (χ1v) is 5.72. The molecule has 1 aliphatic heterocycles. The highest BCUT2D eigenvalue weighted by atomic mass is 19.1. The Balaban J connectivity index is 2.15. The highest BCUT2D eigenvalue weighted by molar-refractivity contribution is 5.36. The molecule has 0 saturated carbocycles. The van der Waals surface area contributed by atoms with E-state index in [0.717, 1.165) is 25.9 Å². The Kier molecular flexibility index (Phi) is 3.30. The van der Waals surface area contributed by atoms with Gasteiger partial charge in [-0.1, -0.05) is 0 Å². The zero-order valence-corrected chi connectivity index (χ0v) is 9.79. The Bertz CT molecular complexity index is 447.